The van der Waals surface area contributed by atoms with E-state index in [-0.39, 0.29) is 17.4 Å². The van der Waals surface area contributed by atoms with Crippen molar-refractivity contribution in [2.24, 2.45) is 5.41 Å². The molecule has 6 nitrogen and oxygen atoms in total. The van der Waals surface area contributed by atoms with Crippen molar-refractivity contribution < 1.29 is 14.3 Å². The number of carbonyl (C=O) groups is 2. The van der Waals surface area contributed by atoms with E-state index in [2.05, 4.69) is 10.6 Å². The average molecular weight is 317 g/mol. The molecule has 3 rings (SSSR count). The number of anilines is 2. The highest BCUT2D eigenvalue weighted by Gasteiger charge is 2.46. The van der Waals surface area contributed by atoms with E-state index in [1.54, 1.807) is 24.3 Å². The second-order valence-corrected chi connectivity index (χ2v) is 6.38. The molecule has 124 valence electrons. The van der Waals surface area contributed by atoms with Crippen LogP contribution in [-0.4, -0.2) is 43.1 Å². The predicted molar refractivity (Wildman–Crippen MR) is 88.4 cm³/mol. The molecule has 1 aliphatic heterocycles. The Labute approximate surface area is 136 Å². The maximum atomic E-state index is 12.4. The number of rotatable bonds is 3. The molecule has 0 aromatic heterocycles. The number of nitrogens with zero attached hydrogens (tertiary/aromatic N) is 1. The lowest BCUT2D eigenvalue weighted by Crippen LogP contribution is -2.39. The first-order chi connectivity index (χ1) is 11.1. The molecule has 1 spiro atoms. The number of ether oxygens (including phenoxy) is 1. The van der Waals surface area contributed by atoms with Crippen molar-refractivity contribution in [2.45, 2.75) is 26.2 Å². The highest BCUT2D eigenvalue weighted by molar-refractivity contribution is 5.92. The number of nitrogens with one attached hydrogen (secondary N) is 2. The van der Waals surface area contributed by atoms with Gasteiger partial charge in [-0.25, -0.2) is 4.79 Å². The lowest BCUT2D eigenvalue weighted by Gasteiger charge is -2.23. The Morgan fingerprint density at radius 2 is 1.83 bits per heavy atom. The monoisotopic (exact) mass is 317 g/mol. The van der Waals surface area contributed by atoms with Gasteiger partial charge in [0.1, 0.15) is 0 Å². The van der Waals surface area contributed by atoms with Crippen molar-refractivity contribution in [3.05, 3.63) is 24.3 Å². The second kappa shape index (κ2) is 6.58. The van der Waals surface area contributed by atoms with Crippen molar-refractivity contribution in [1.82, 2.24) is 4.90 Å². The molecule has 1 saturated heterocycles. The van der Waals surface area contributed by atoms with Crippen molar-refractivity contribution in [2.75, 3.05) is 36.9 Å². The minimum atomic E-state index is -0.0906. The normalized spacial score (nSPS) is 19.1. The van der Waals surface area contributed by atoms with Gasteiger partial charge in [0.05, 0.1) is 13.2 Å². The van der Waals surface area contributed by atoms with Gasteiger partial charge < -0.3 is 20.3 Å². The molecule has 3 amide bonds. The zero-order valence-corrected chi connectivity index (χ0v) is 13.4. The van der Waals surface area contributed by atoms with Crippen molar-refractivity contribution >= 4 is 23.3 Å². The summed E-state index contributed by atoms with van der Waals surface area (Å²) in [5.74, 6) is -0.0268. The van der Waals surface area contributed by atoms with Crippen LogP contribution in [0.1, 0.15) is 26.2 Å². The molecule has 6 heteroatoms. The molecule has 1 aromatic rings. The Morgan fingerprint density at radius 1 is 1.17 bits per heavy atom. The van der Waals surface area contributed by atoms with Crippen LogP contribution in [0.3, 0.4) is 0 Å². The quantitative estimate of drug-likeness (QED) is 0.900. The summed E-state index contributed by atoms with van der Waals surface area (Å²) in [6.45, 7) is 4.56. The maximum absolute atomic E-state index is 12.4. The molecule has 0 bridgehead atoms. The summed E-state index contributed by atoms with van der Waals surface area (Å²) in [4.78, 5) is 25.6. The Bertz CT molecular complexity index is 581. The van der Waals surface area contributed by atoms with E-state index in [4.69, 9.17) is 4.74 Å². The Morgan fingerprint density at radius 3 is 2.43 bits per heavy atom. The summed E-state index contributed by atoms with van der Waals surface area (Å²) in [6, 6.07) is 7.08. The number of urea groups is 1. The number of hydrogen-bond acceptors (Lipinski definition) is 3. The average Bonchev–Trinajstić information content (AvgIpc) is 3.35. The van der Waals surface area contributed by atoms with Crippen LogP contribution < -0.4 is 10.6 Å². The molecule has 1 aromatic carbocycles. The fourth-order valence-corrected chi connectivity index (χ4v) is 2.73. The van der Waals surface area contributed by atoms with Crippen LogP contribution in [0, 0.1) is 5.41 Å². The highest BCUT2D eigenvalue weighted by Crippen LogP contribution is 2.47. The zero-order valence-electron chi connectivity index (χ0n) is 13.4. The van der Waals surface area contributed by atoms with E-state index in [1.165, 1.54) is 0 Å². The zero-order chi connectivity index (χ0) is 16.3. The second-order valence-electron chi connectivity index (χ2n) is 6.38. The van der Waals surface area contributed by atoms with E-state index in [9.17, 15) is 9.59 Å². The maximum Gasteiger partial charge on any atom is 0.321 e. The number of amides is 3. The van der Waals surface area contributed by atoms with Gasteiger partial charge in [0.2, 0.25) is 5.91 Å². The summed E-state index contributed by atoms with van der Waals surface area (Å²) in [5.41, 5.74) is 1.65. The number of carbonyl (C=O) groups excluding carboxylic acids is 2. The van der Waals surface area contributed by atoms with Crippen LogP contribution in [0.4, 0.5) is 16.2 Å². The Hall–Kier alpha value is -2.08. The van der Waals surface area contributed by atoms with E-state index in [0.717, 1.165) is 37.4 Å². The Balaban J connectivity index is 1.57. The molecule has 1 saturated carbocycles. The highest BCUT2D eigenvalue weighted by atomic mass is 16.5. The largest absolute Gasteiger partial charge is 0.379 e. The summed E-state index contributed by atoms with van der Waals surface area (Å²) in [7, 11) is 0. The fraction of sp³-hybridized carbons (Fsp3) is 0.529. The van der Waals surface area contributed by atoms with Crippen LogP contribution in [0.2, 0.25) is 0 Å². The molecule has 23 heavy (non-hydrogen) atoms. The van der Waals surface area contributed by atoms with Crippen LogP contribution in [0.5, 0.6) is 0 Å². The summed E-state index contributed by atoms with van der Waals surface area (Å²) in [5, 5.41) is 5.70. The van der Waals surface area contributed by atoms with Gasteiger partial charge >= 0.3 is 6.03 Å². The SMILES string of the molecule is CCC(=O)Nc1ccc(NC(=O)N2CCOCC3(CC3)C2)cc1. The molecular weight excluding hydrogens is 294 g/mol. The van der Waals surface area contributed by atoms with Gasteiger partial charge in [-0.3, -0.25) is 4.79 Å². The first-order valence-corrected chi connectivity index (χ1v) is 8.14. The molecule has 1 aliphatic carbocycles. The van der Waals surface area contributed by atoms with Gasteiger partial charge in [0.15, 0.2) is 0 Å². The molecule has 2 N–H and O–H groups in total. The van der Waals surface area contributed by atoms with E-state index in [0.29, 0.717) is 19.6 Å². The van der Waals surface area contributed by atoms with Gasteiger partial charge in [-0.05, 0) is 37.1 Å². The smallest absolute Gasteiger partial charge is 0.321 e. The third-order valence-electron chi connectivity index (χ3n) is 4.43. The van der Waals surface area contributed by atoms with E-state index in [1.807, 2.05) is 11.8 Å². The standard InChI is InChI=1S/C17H23N3O3/c1-2-15(21)18-13-3-5-14(6-4-13)19-16(22)20-9-10-23-12-17(11-20)7-8-17/h3-6H,2,7-12H2,1H3,(H,18,21)(H,19,22). The third kappa shape index (κ3) is 4.01. The molecular formula is C17H23N3O3. The molecule has 1 heterocycles. The predicted octanol–water partition coefficient (Wildman–Crippen LogP) is 2.68. The number of benzene rings is 1. The summed E-state index contributed by atoms with van der Waals surface area (Å²) in [6.07, 6.45) is 2.72. The van der Waals surface area contributed by atoms with Crippen LogP contribution in [0.15, 0.2) is 24.3 Å². The van der Waals surface area contributed by atoms with Crippen molar-refractivity contribution in [1.29, 1.82) is 0 Å². The van der Waals surface area contributed by atoms with Crippen LogP contribution >= 0.6 is 0 Å². The first kappa shape index (κ1) is 15.8. The molecule has 0 radical (unpaired) electrons. The summed E-state index contributed by atoms with van der Waals surface area (Å²) < 4.78 is 5.60. The van der Waals surface area contributed by atoms with Gasteiger partial charge in [0, 0.05) is 36.3 Å². The van der Waals surface area contributed by atoms with E-state index < -0.39 is 0 Å². The van der Waals surface area contributed by atoms with Gasteiger partial charge in [-0.2, -0.15) is 0 Å². The lowest BCUT2D eigenvalue weighted by atomic mass is 10.1. The van der Waals surface area contributed by atoms with Crippen LogP contribution in [0.25, 0.3) is 0 Å². The number of hydrogen-bond donors (Lipinski definition) is 2. The fourth-order valence-electron chi connectivity index (χ4n) is 2.73. The lowest BCUT2D eigenvalue weighted by molar-refractivity contribution is -0.115. The molecule has 0 atom stereocenters. The topological polar surface area (TPSA) is 70.7 Å². The third-order valence-corrected chi connectivity index (χ3v) is 4.43. The minimum absolute atomic E-state index is 0.0268. The van der Waals surface area contributed by atoms with Gasteiger partial charge in [-0.15, -0.1) is 0 Å². The van der Waals surface area contributed by atoms with E-state index >= 15 is 0 Å². The Kier molecular flexibility index (Phi) is 4.52. The van der Waals surface area contributed by atoms with Crippen molar-refractivity contribution in [3.8, 4) is 0 Å². The van der Waals surface area contributed by atoms with Gasteiger partial charge in [-0.1, -0.05) is 6.92 Å². The molecule has 2 aliphatic rings. The minimum Gasteiger partial charge on any atom is -0.379 e. The first-order valence-electron chi connectivity index (χ1n) is 8.14. The molecule has 2 fully saturated rings. The summed E-state index contributed by atoms with van der Waals surface area (Å²) >= 11 is 0. The molecule has 0 unspecified atom stereocenters. The van der Waals surface area contributed by atoms with Crippen LogP contribution in [-0.2, 0) is 9.53 Å². The van der Waals surface area contributed by atoms with Crippen molar-refractivity contribution in [3.63, 3.8) is 0 Å². The van der Waals surface area contributed by atoms with Gasteiger partial charge in [0.25, 0.3) is 0 Å².